The van der Waals surface area contributed by atoms with Crippen molar-refractivity contribution in [2.45, 2.75) is 58.3 Å². The fourth-order valence-electron chi connectivity index (χ4n) is 1.32. The maximum atomic E-state index is 11.2. The van der Waals surface area contributed by atoms with Crippen LogP contribution in [0.25, 0.3) is 0 Å². The van der Waals surface area contributed by atoms with Crippen molar-refractivity contribution in [2.24, 2.45) is 0 Å². The number of rotatable bonds is 9. The Hall–Kier alpha value is -1.12. The zero-order valence-corrected chi connectivity index (χ0v) is 10.2. The van der Waals surface area contributed by atoms with E-state index in [2.05, 4.69) is 18.2 Å². The number of esters is 2. The third-order valence-electron chi connectivity index (χ3n) is 2.26. The fraction of sp³-hybridized carbons (Fsp3) is 0.692. The summed E-state index contributed by atoms with van der Waals surface area (Å²) >= 11 is 0. The van der Waals surface area contributed by atoms with Crippen molar-refractivity contribution >= 4 is 11.9 Å². The molecular weight excluding hydrogens is 204 g/mol. The summed E-state index contributed by atoms with van der Waals surface area (Å²) in [5.74, 6) is -0.844. The molecule has 92 valence electrons. The molecule has 0 amide bonds. The molecule has 0 aliphatic rings. The zero-order valence-electron chi connectivity index (χ0n) is 10.2. The molecule has 0 aliphatic heterocycles. The van der Waals surface area contributed by atoms with Gasteiger partial charge in [0.25, 0.3) is 0 Å². The number of hydrogen-bond donors (Lipinski definition) is 0. The van der Waals surface area contributed by atoms with Crippen molar-refractivity contribution in [1.82, 2.24) is 0 Å². The molecule has 0 aliphatic carbocycles. The molecule has 0 rings (SSSR count). The lowest BCUT2D eigenvalue weighted by molar-refractivity contribution is -0.159. The first-order valence-corrected chi connectivity index (χ1v) is 6.05. The molecule has 0 atom stereocenters. The van der Waals surface area contributed by atoms with Crippen LogP contribution < -0.4 is 0 Å². The van der Waals surface area contributed by atoms with Crippen LogP contribution >= 0.6 is 0 Å². The smallest absolute Gasteiger partial charge is 0.313 e. The summed E-state index contributed by atoms with van der Waals surface area (Å²) in [5, 5.41) is 0. The molecule has 0 spiro atoms. The SMILES string of the molecule is C=CCCC(=O)OC(=O)CCCCCCC. The van der Waals surface area contributed by atoms with Crippen LogP contribution in [0.15, 0.2) is 12.7 Å². The largest absolute Gasteiger partial charge is 0.393 e. The lowest BCUT2D eigenvalue weighted by atomic mass is 10.1. The standard InChI is InChI=1S/C13H22O3/c1-3-5-7-8-9-11-13(15)16-12(14)10-6-4-2/h4H,2-3,5-11H2,1H3. The lowest BCUT2D eigenvalue weighted by Gasteiger charge is -2.02. The molecule has 0 unspecified atom stereocenters. The number of hydrogen-bond acceptors (Lipinski definition) is 3. The number of carbonyl (C=O) groups is 2. The van der Waals surface area contributed by atoms with Gasteiger partial charge in [0.1, 0.15) is 0 Å². The van der Waals surface area contributed by atoms with Crippen LogP contribution in [-0.2, 0) is 14.3 Å². The molecule has 3 heteroatoms. The Bertz CT molecular complexity index is 221. The van der Waals surface area contributed by atoms with Gasteiger partial charge in [0.2, 0.25) is 0 Å². The van der Waals surface area contributed by atoms with Gasteiger partial charge in [0.15, 0.2) is 0 Å². The third-order valence-corrected chi connectivity index (χ3v) is 2.26. The van der Waals surface area contributed by atoms with Gasteiger partial charge in [-0.3, -0.25) is 9.59 Å². The summed E-state index contributed by atoms with van der Waals surface area (Å²) in [6.07, 6.45) is 8.16. The van der Waals surface area contributed by atoms with Crippen LogP contribution in [0, 0.1) is 0 Å². The highest BCUT2D eigenvalue weighted by Gasteiger charge is 2.08. The highest BCUT2D eigenvalue weighted by molar-refractivity contribution is 5.85. The van der Waals surface area contributed by atoms with Crippen molar-refractivity contribution in [3.8, 4) is 0 Å². The Morgan fingerprint density at radius 3 is 2.31 bits per heavy atom. The van der Waals surface area contributed by atoms with E-state index < -0.39 is 11.9 Å². The van der Waals surface area contributed by atoms with E-state index in [1.807, 2.05) is 0 Å². The van der Waals surface area contributed by atoms with Gasteiger partial charge >= 0.3 is 11.9 Å². The summed E-state index contributed by atoms with van der Waals surface area (Å²) in [7, 11) is 0. The van der Waals surface area contributed by atoms with Crippen molar-refractivity contribution < 1.29 is 14.3 Å². The second kappa shape index (κ2) is 10.4. The predicted octanol–water partition coefficient (Wildman–Crippen LogP) is 3.38. The number of unbranched alkanes of at least 4 members (excludes halogenated alkanes) is 4. The second-order valence-corrected chi connectivity index (χ2v) is 3.84. The van der Waals surface area contributed by atoms with Crippen molar-refractivity contribution in [1.29, 1.82) is 0 Å². The molecule has 3 nitrogen and oxygen atoms in total. The van der Waals surface area contributed by atoms with Gasteiger partial charge in [-0.15, -0.1) is 6.58 Å². The Balaban J connectivity index is 3.43. The molecule has 0 aromatic rings. The van der Waals surface area contributed by atoms with Crippen LogP contribution in [0.2, 0.25) is 0 Å². The van der Waals surface area contributed by atoms with Crippen LogP contribution in [0.1, 0.15) is 58.3 Å². The summed E-state index contributed by atoms with van der Waals surface area (Å²) in [5.41, 5.74) is 0. The van der Waals surface area contributed by atoms with Crippen molar-refractivity contribution in [3.05, 3.63) is 12.7 Å². The van der Waals surface area contributed by atoms with Crippen LogP contribution in [-0.4, -0.2) is 11.9 Å². The van der Waals surface area contributed by atoms with Crippen molar-refractivity contribution in [2.75, 3.05) is 0 Å². The van der Waals surface area contributed by atoms with E-state index in [4.69, 9.17) is 0 Å². The first-order chi connectivity index (χ1) is 7.70. The Morgan fingerprint density at radius 2 is 1.69 bits per heavy atom. The van der Waals surface area contributed by atoms with E-state index in [1.165, 1.54) is 12.8 Å². The first kappa shape index (κ1) is 14.9. The third kappa shape index (κ3) is 9.44. The van der Waals surface area contributed by atoms with Crippen molar-refractivity contribution in [3.63, 3.8) is 0 Å². The topological polar surface area (TPSA) is 43.4 Å². The summed E-state index contributed by atoms with van der Waals surface area (Å²) in [4.78, 5) is 22.2. The number of carbonyl (C=O) groups excluding carboxylic acids is 2. The minimum atomic E-state index is -0.446. The molecule has 0 aromatic carbocycles. The summed E-state index contributed by atoms with van der Waals surface area (Å²) in [6.45, 7) is 5.64. The molecule has 0 fully saturated rings. The van der Waals surface area contributed by atoms with E-state index >= 15 is 0 Å². The average Bonchev–Trinajstić information content (AvgIpc) is 2.26. The quantitative estimate of drug-likeness (QED) is 0.262. The Kier molecular flexibility index (Phi) is 9.67. The second-order valence-electron chi connectivity index (χ2n) is 3.84. The molecule has 0 bridgehead atoms. The van der Waals surface area contributed by atoms with Gasteiger partial charge in [-0.2, -0.15) is 0 Å². The van der Waals surface area contributed by atoms with Crippen LogP contribution in [0.4, 0.5) is 0 Å². The molecule has 0 N–H and O–H groups in total. The van der Waals surface area contributed by atoms with Gasteiger partial charge in [0, 0.05) is 12.8 Å². The highest BCUT2D eigenvalue weighted by atomic mass is 16.6. The maximum Gasteiger partial charge on any atom is 0.313 e. The monoisotopic (exact) mass is 226 g/mol. The van der Waals surface area contributed by atoms with Gasteiger partial charge in [0.05, 0.1) is 0 Å². The minimum Gasteiger partial charge on any atom is -0.393 e. The van der Waals surface area contributed by atoms with Gasteiger partial charge in [-0.05, 0) is 12.8 Å². The van der Waals surface area contributed by atoms with E-state index in [0.717, 1.165) is 19.3 Å². The predicted molar refractivity (Wildman–Crippen MR) is 63.9 cm³/mol. The zero-order chi connectivity index (χ0) is 12.2. The minimum absolute atomic E-state index is 0.241. The first-order valence-electron chi connectivity index (χ1n) is 6.05. The van der Waals surface area contributed by atoms with E-state index in [1.54, 1.807) is 6.08 Å². The van der Waals surface area contributed by atoms with Crippen LogP contribution in [0.5, 0.6) is 0 Å². The number of allylic oxidation sites excluding steroid dienone is 1. The average molecular weight is 226 g/mol. The van der Waals surface area contributed by atoms with E-state index in [9.17, 15) is 9.59 Å². The normalized spacial score (nSPS) is 9.81. The summed E-state index contributed by atoms with van der Waals surface area (Å²) in [6, 6.07) is 0. The fourth-order valence-corrected chi connectivity index (χ4v) is 1.32. The molecular formula is C13H22O3. The van der Waals surface area contributed by atoms with E-state index in [-0.39, 0.29) is 6.42 Å². The van der Waals surface area contributed by atoms with Gasteiger partial charge in [-0.1, -0.05) is 38.7 Å². The highest BCUT2D eigenvalue weighted by Crippen LogP contribution is 2.06. The molecule has 0 aromatic heterocycles. The molecule has 0 saturated heterocycles. The Labute approximate surface area is 97.9 Å². The van der Waals surface area contributed by atoms with Gasteiger partial charge in [-0.25, -0.2) is 0 Å². The molecule has 0 radical (unpaired) electrons. The molecule has 16 heavy (non-hydrogen) atoms. The maximum absolute atomic E-state index is 11.2. The van der Waals surface area contributed by atoms with E-state index in [0.29, 0.717) is 12.8 Å². The molecule has 0 saturated carbocycles. The number of ether oxygens (including phenoxy) is 1. The summed E-state index contributed by atoms with van der Waals surface area (Å²) < 4.78 is 4.63. The van der Waals surface area contributed by atoms with Gasteiger partial charge < -0.3 is 4.74 Å². The molecule has 0 heterocycles. The Morgan fingerprint density at radius 1 is 1.06 bits per heavy atom. The van der Waals surface area contributed by atoms with Crippen LogP contribution in [0.3, 0.4) is 0 Å². The lowest BCUT2D eigenvalue weighted by Crippen LogP contribution is -2.11.